The molecule has 1 amide bonds. The summed E-state index contributed by atoms with van der Waals surface area (Å²) in [4.78, 5) is 12.6. The van der Waals surface area contributed by atoms with Crippen LogP contribution in [0.25, 0.3) is 11.1 Å². The van der Waals surface area contributed by atoms with Crippen molar-refractivity contribution in [2.45, 2.75) is 19.4 Å². The van der Waals surface area contributed by atoms with Crippen LogP contribution < -0.4 is 16.2 Å². The Morgan fingerprint density at radius 2 is 2.00 bits per heavy atom. The van der Waals surface area contributed by atoms with Crippen molar-refractivity contribution in [2.24, 2.45) is 5.73 Å². The van der Waals surface area contributed by atoms with E-state index >= 15 is 0 Å². The number of rotatable bonds is 1. The highest BCUT2D eigenvalue weighted by Crippen LogP contribution is 2.51. The van der Waals surface area contributed by atoms with Crippen molar-refractivity contribution in [1.82, 2.24) is 0 Å². The number of para-hydroxylation sites is 1. The van der Waals surface area contributed by atoms with Crippen molar-refractivity contribution in [3.8, 4) is 16.9 Å². The van der Waals surface area contributed by atoms with Crippen LogP contribution in [0.5, 0.6) is 5.75 Å². The number of carbonyl (C=O) groups is 1. The molecular weight excluding hydrogens is 260 g/mol. The summed E-state index contributed by atoms with van der Waals surface area (Å²) in [5, 5.41) is 0.450. The molecule has 19 heavy (non-hydrogen) atoms. The number of benzene rings is 1. The molecule has 2 aromatic rings. The lowest BCUT2D eigenvalue weighted by molar-refractivity contribution is 0.0999. The first-order chi connectivity index (χ1) is 8.92. The molecule has 0 saturated heterocycles. The molecule has 1 aliphatic heterocycles. The molecule has 1 aromatic heterocycles. The van der Waals surface area contributed by atoms with Crippen LogP contribution in [0, 0.1) is 0 Å². The Kier molecular flexibility index (Phi) is 2.37. The highest BCUT2D eigenvalue weighted by atomic mass is 32.1. The Hall–Kier alpha value is -2.01. The van der Waals surface area contributed by atoms with E-state index in [0.717, 1.165) is 21.8 Å². The summed E-state index contributed by atoms with van der Waals surface area (Å²) in [5.41, 5.74) is 13.0. The third-order valence-corrected chi connectivity index (χ3v) is 4.57. The van der Waals surface area contributed by atoms with Crippen molar-refractivity contribution in [3.63, 3.8) is 0 Å². The highest BCUT2D eigenvalue weighted by molar-refractivity contribution is 7.17. The molecule has 1 aliphatic rings. The van der Waals surface area contributed by atoms with Crippen LogP contribution >= 0.6 is 11.3 Å². The van der Waals surface area contributed by atoms with Gasteiger partial charge in [-0.1, -0.05) is 18.2 Å². The molecule has 0 saturated carbocycles. The molecule has 0 atom stereocenters. The second-order valence-corrected chi connectivity index (χ2v) is 6.07. The van der Waals surface area contributed by atoms with Gasteiger partial charge in [0.2, 0.25) is 0 Å². The van der Waals surface area contributed by atoms with Gasteiger partial charge in [0.1, 0.15) is 11.4 Å². The average molecular weight is 274 g/mol. The third-order valence-electron chi connectivity index (χ3n) is 3.25. The van der Waals surface area contributed by atoms with Gasteiger partial charge in [-0.05, 0) is 19.9 Å². The Labute approximate surface area is 115 Å². The van der Waals surface area contributed by atoms with Crippen LogP contribution in [-0.4, -0.2) is 5.91 Å². The van der Waals surface area contributed by atoms with Crippen LogP contribution in [-0.2, 0) is 5.60 Å². The van der Waals surface area contributed by atoms with Gasteiger partial charge in [-0.2, -0.15) is 0 Å². The van der Waals surface area contributed by atoms with E-state index < -0.39 is 11.5 Å². The number of ether oxygens (including phenoxy) is 1. The van der Waals surface area contributed by atoms with Crippen LogP contribution in [0.1, 0.15) is 29.1 Å². The van der Waals surface area contributed by atoms with Gasteiger partial charge >= 0.3 is 0 Å². The lowest BCUT2D eigenvalue weighted by Gasteiger charge is -2.32. The molecule has 0 bridgehead atoms. The summed E-state index contributed by atoms with van der Waals surface area (Å²) >= 11 is 1.37. The predicted molar refractivity (Wildman–Crippen MR) is 76.3 cm³/mol. The van der Waals surface area contributed by atoms with Crippen molar-refractivity contribution in [1.29, 1.82) is 0 Å². The van der Waals surface area contributed by atoms with Crippen molar-refractivity contribution >= 4 is 22.2 Å². The molecule has 0 fully saturated rings. The maximum absolute atomic E-state index is 11.7. The van der Waals surface area contributed by atoms with Gasteiger partial charge < -0.3 is 16.2 Å². The lowest BCUT2D eigenvalue weighted by Crippen LogP contribution is -2.28. The van der Waals surface area contributed by atoms with Crippen LogP contribution in [0.2, 0.25) is 0 Å². The number of primary amides is 1. The van der Waals surface area contributed by atoms with E-state index in [4.69, 9.17) is 16.2 Å². The second-order valence-electron chi connectivity index (χ2n) is 5.02. The topological polar surface area (TPSA) is 78.3 Å². The number of carbonyl (C=O) groups excluding carboxylic acids is 1. The van der Waals surface area contributed by atoms with E-state index in [-0.39, 0.29) is 0 Å². The Morgan fingerprint density at radius 1 is 1.32 bits per heavy atom. The Morgan fingerprint density at radius 3 is 2.68 bits per heavy atom. The van der Waals surface area contributed by atoms with Gasteiger partial charge in [0.15, 0.2) is 0 Å². The second kappa shape index (κ2) is 3.74. The summed E-state index contributed by atoms with van der Waals surface area (Å²) in [7, 11) is 0. The average Bonchev–Trinajstić information content (AvgIpc) is 2.67. The number of nitrogens with two attached hydrogens (primary N) is 2. The molecule has 0 spiro atoms. The molecule has 0 radical (unpaired) electrons. The Bertz CT molecular complexity index is 689. The summed E-state index contributed by atoms with van der Waals surface area (Å²) in [6.45, 7) is 3.92. The van der Waals surface area contributed by atoms with Crippen molar-refractivity contribution < 1.29 is 9.53 Å². The molecule has 4 nitrogen and oxygen atoms in total. The zero-order chi connectivity index (χ0) is 13.8. The molecule has 1 aromatic carbocycles. The molecular formula is C14H14N2O2S. The molecule has 4 N–H and O–H groups in total. The number of amides is 1. The number of hydrogen-bond donors (Lipinski definition) is 2. The number of anilines is 1. The first kappa shape index (κ1) is 12.0. The summed E-state index contributed by atoms with van der Waals surface area (Å²) in [6, 6.07) is 7.61. The normalized spacial score (nSPS) is 15.3. The predicted octanol–water partition coefficient (Wildman–Crippen LogP) is 2.72. The molecule has 0 aliphatic carbocycles. The summed E-state index contributed by atoms with van der Waals surface area (Å²) in [5.74, 6) is 0.253. The monoisotopic (exact) mass is 274 g/mol. The first-order valence-electron chi connectivity index (χ1n) is 5.93. The van der Waals surface area contributed by atoms with Gasteiger partial charge in [0.05, 0.1) is 15.4 Å². The number of hydrogen-bond acceptors (Lipinski definition) is 4. The van der Waals surface area contributed by atoms with Crippen molar-refractivity contribution in [2.75, 3.05) is 5.73 Å². The van der Waals surface area contributed by atoms with E-state index in [2.05, 4.69) is 0 Å². The SMILES string of the molecule is CC1(C)Oc2ccccc2-c2c1sc(N)c2C(N)=O. The zero-order valence-electron chi connectivity index (χ0n) is 10.7. The van der Waals surface area contributed by atoms with E-state index in [9.17, 15) is 4.79 Å². The zero-order valence-corrected chi connectivity index (χ0v) is 11.5. The Balaban J connectivity index is 2.41. The van der Waals surface area contributed by atoms with Crippen molar-refractivity contribution in [3.05, 3.63) is 34.7 Å². The van der Waals surface area contributed by atoms with Gasteiger partial charge in [-0.15, -0.1) is 11.3 Å². The fourth-order valence-corrected chi connectivity index (χ4v) is 3.58. The quantitative estimate of drug-likeness (QED) is 0.839. The van der Waals surface area contributed by atoms with Crippen LogP contribution in [0.4, 0.5) is 5.00 Å². The van der Waals surface area contributed by atoms with Gasteiger partial charge in [-0.3, -0.25) is 4.79 Å². The minimum atomic E-state index is -0.518. The summed E-state index contributed by atoms with van der Waals surface area (Å²) < 4.78 is 6.00. The first-order valence-corrected chi connectivity index (χ1v) is 6.74. The fraction of sp³-hybridized carbons (Fsp3) is 0.214. The third kappa shape index (κ3) is 1.62. The van der Waals surface area contributed by atoms with Crippen LogP contribution in [0.3, 0.4) is 0 Å². The minimum absolute atomic E-state index is 0.406. The smallest absolute Gasteiger partial charge is 0.252 e. The van der Waals surface area contributed by atoms with E-state index in [0.29, 0.717) is 10.6 Å². The molecule has 2 heterocycles. The van der Waals surface area contributed by atoms with E-state index in [1.807, 2.05) is 38.1 Å². The fourth-order valence-electron chi connectivity index (χ4n) is 2.46. The summed E-state index contributed by atoms with van der Waals surface area (Å²) in [6.07, 6.45) is 0. The number of fused-ring (bicyclic) bond motifs is 3. The molecule has 3 rings (SSSR count). The minimum Gasteiger partial charge on any atom is -0.482 e. The highest BCUT2D eigenvalue weighted by Gasteiger charge is 2.38. The standard InChI is InChI=1S/C14H14N2O2S/c1-14(2)11-9(10(12(15)17)13(16)19-11)7-5-3-4-6-8(7)18-14/h3-6H,16H2,1-2H3,(H2,15,17). The number of thiophene rings is 1. The van der Waals surface area contributed by atoms with E-state index in [1.54, 1.807) is 0 Å². The van der Waals surface area contributed by atoms with Gasteiger partial charge in [0.25, 0.3) is 5.91 Å². The van der Waals surface area contributed by atoms with Gasteiger partial charge in [-0.25, -0.2) is 0 Å². The van der Waals surface area contributed by atoms with Crippen LogP contribution in [0.15, 0.2) is 24.3 Å². The maximum Gasteiger partial charge on any atom is 0.252 e. The van der Waals surface area contributed by atoms with Gasteiger partial charge in [0, 0.05) is 11.1 Å². The number of nitrogen functional groups attached to an aromatic ring is 1. The molecule has 0 unspecified atom stereocenters. The molecule has 98 valence electrons. The molecule has 5 heteroatoms. The maximum atomic E-state index is 11.7. The largest absolute Gasteiger partial charge is 0.482 e. The lowest BCUT2D eigenvalue weighted by atomic mass is 9.91. The van der Waals surface area contributed by atoms with E-state index in [1.165, 1.54) is 11.3 Å².